The molecule has 0 saturated carbocycles. The standard InChI is InChI=1S/C19H23N5O2/c25-18-10-16(12-23(18)11-15-6-2-1-3-7-15)13-24-14-17(20-21-24)19(26)22-8-4-5-9-22/h1-3,6-7,14,16H,4-5,8-13H2. The highest BCUT2D eigenvalue weighted by Crippen LogP contribution is 2.21. The Balaban J connectivity index is 1.35. The largest absolute Gasteiger partial charge is 0.338 e. The molecule has 7 nitrogen and oxygen atoms in total. The first kappa shape index (κ1) is 16.8. The average molecular weight is 353 g/mol. The van der Waals surface area contributed by atoms with Gasteiger partial charge >= 0.3 is 0 Å². The molecule has 2 fully saturated rings. The first-order valence-electron chi connectivity index (χ1n) is 9.20. The maximum absolute atomic E-state index is 12.4. The molecule has 0 radical (unpaired) electrons. The molecule has 1 aromatic carbocycles. The van der Waals surface area contributed by atoms with Crippen molar-refractivity contribution in [1.82, 2.24) is 24.8 Å². The first-order valence-corrected chi connectivity index (χ1v) is 9.20. The van der Waals surface area contributed by atoms with Crippen molar-refractivity contribution in [3.05, 3.63) is 47.8 Å². The number of benzene rings is 1. The van der Waals surface area contributed by atoms with E-state index >= 15 is 0 Å². The summed E-state index contributed by atoms with van der Waals surface area (Å²) in [6.07, 6.45) is 4.34. The first-order chi connectivity index (χ1) is 12.7. The molecule has 2 aliphatic rings. The summed E-state index contributed by atoms with van der Waals surface area (Å²) < 4.78 is 1.70. The molecule has 2 aliphatic heterocycles. The molecule has 2 saturated heterocycles. The third kappa shape index (κ3) is 3.61. The number of carbonyl (C=O) groups excluding carboxylic acids is 2. The number of hydrogen-bond acceptors (Lipinski definition) is 4. The van der Waals surface area contributed by atoms with Crippen LogP contribution >= 0.6 is 0 Å². The second kappa shape index (κ2) is 7.27. The van der Waals surface area contributed by atoms with Gasteiger partial charge in [0.1, 0.15) is 0 Å². The van der Waals surface area contributed by atoms with E-state index in [1.54, 1.807) is 10.9 Å². The molecule has 0 spiro atoms. The lowest BCUT2D eigenvalue weighted by Crippen LogP contribution is -2.27. The predicted molar refractivity (Wildman–Crippen MR) is 95.1 cm³/mol. The van der Waals surface area contributed by atoms with Crippen LogP contribution in [0.15, 0.2) is 36.5 Å². The SMILES string of the molecule is O=C1CC(Cn2cc(C(=O)N3CCCC3)nn2)CN1Cc1ccccc1. The zero-order valence-corrected chi connectivity index (χ0v) is 14.8. The molecule has 0 aliphatic carbocycles. The van der Waals surface area contributed by atoms with Crippen molar-refractivity contribution in [2.24, 2.45) is 5.92 Å². The van der Waals surface area contributed by atoms with Crippen molar-refractivity contribution >= 4 is 11.8 Å². The Morgan fingerprint density at radius 2 is 1.92 bits per heavy atom. The van der Waals surface area contributed by atoms with Crippen LogP contribution in [0.1, 0.15) is 35.3 Å². The molecule has 2 amide bonds. The Hall–Kier alpha value is -2.70. The van der Waals surface area contributed by atoms with E-state index < -0.39 is 0 Å². The van der Waals surface area contributed by atoms with Gasteiger partial charge in [0.05, 0.1) is 6.20 Å². The van der Waals surface area contributed by atoms with Crippen molar-refractivity contribution < 1.29 is 9.59 Å². The lowest BCUT2D eigenvalue weighted by molar-refractivity contribution is -0.128. The minimum Gasteiger partial charge on any atom is -0.338 e. The molecule has 7 heteroatoms. The quantitative estimate of drug-likeness (QED) is 0.818. The Kier molecular flexibility index (Phi) is 4.69. The number of likely N-dealkylation sites (tertiary alicyclic amines) is 2. The van der Waals surface area contributed by atoms with E-state index in [0.717, 1.165) is 31.5 Å². The second-order valence-electron chi connectivity index (χ2n) is 7.16. The molecular formula is C19H23N5O2. The van der Waals surface area contributed by atoms with Crippen LogP contribution < -0.4 is 0 Å². The number of aromatic nitrogens is 3. The Morgan fingerprint density at radius 3 is 2.69 bits per heavy atom. The van der Waals surface area contributed by atoms with Crippen molar-refractivity contribution in [3.63, 3.8) is 0 Å². The minimum absolute atomic E-state index is 0.0399. The maximum Gasteiger partial charge on any atom is 0.276 e. The number of amides is 2. The van der Waals surface area contributed by atoms with E-state index in [1.807, 2.05) is 40.1 Å². The topological polar surface area (TPSA) is 71.3 Å². The van der Waals surface area contributed by atoms with E-state index in [4.69, 9.17) is 0 Å². The lowest BCUT2D eigenvalue weighted by atomic mass is 10.1. The summed E-state index contributed by atoms with van der Waals surface area (Å²) in [5, 5.41) is 8.13. The number of nitrogens with zero attached hydrogens (tertiary/aromatic N) is 5. The maximum atomic E-state index is 12.4. The average Bonchev–Trinajstić information content (AvgIpc) is 3.38. The van der Waals surface area contributed by atoms with Gasteiger partial charge in [-0.05, 0) is 18.4 Å². The van der Waals surface area contributed by atoms with Crippen LogP contribution in [0, 0.1) is 5.92 Å². The molecule has 4 rings (SSSR count). The summed E-state index contributed by atoms with van der Waals surface area (Å²) >= 11 is 0. The van der Waals surface area contributed by atoms with Gasteiger partial charge < -0.3 is 9.80 Å². The fraction of sp³-hybridized carbons (Fsp3) is 0.474. The van der Waals surface area contributed by atoms with E-state index in [-0.39, 0.29) is 17.7 Å². The lowest BCUT2D eigenvalue weighted by Gasteiger charge is -2.16. The van der Waals surface area contributed by atoms with E-state index in [1.165, 1.54) is 0 Å². The van der Waals surface area contributed by atoms with Gasteiger partial charge in [0.2, 0.25) is 5.91 Å². The molecule has 2 aromatic rings. The third-order valence-corrected chi connectivity index (χ3v) is 5.11. The van der Waals surface area contributed by atoms with Gasteiger partial charge in [-0.3, -0.25) is 14.3 Å². The monoisotopic (exact) mass is 353 g/mol. The van der Waals surface area contributed by atoms with Crippen molar-refractivity contribution in [1.29, 1.82) is 0 Å². The van der Waals surface area contributed by atoms with Gasteiger partial charge in [0, 0.05) is 45.1 Å². The number of hydrogen-bond donors (Lipinski definition) is 0. The highest BCUT2D eigenvalue weighted by atomic mass is 16.2. The number of rotatable bonds is 5. The van der Waals surface area contributed by atoms with Gasteiger partial charge in [-0.1, -0.05) is 35.5 Å². The van der Waals surface area contributed by atoms with E-state index in [9.17, 15) is 9.59 Å². The molecule has 1 aromatic heterocycles. The van der Waals surface area contributed by atoms with Crippen LogP contribution in [0.2, 0.25) is 0 Å². The summed E-state index contributed by atoms with van der Waals surface area (Å²) in [7, 11) is 0. The summed E-state index contributed by atoms with van der Waals surface area (Å²) in [5.41, 5.74) is 1.54. The van der Waals surface area contributed by atoms with E-state index in [0.29, 0.717) is 31.7 Å². The van der Waals surface area contributed by atoms with Crippen LogP contribution in [0.25, 0.3) is 0 Å². The van der Waals surface area contributed by atoms with Crippen molar-refractivity contribution in [2.75, 3.05) is 19.6 Å². The fourth-order valence-corrected chi connectivity index (χ4v) is 3.77. The highest BCUT2D eigenvalue weighted by molar-refractivity contribution is 5.92. The molecule has 26 heavy (non-hydrogen) atoms. The Morgan fingerprint density at radius 1 is 1.15 bits per heavy atom. The van der Waals surface area contributed by atoms with Gasteiger partial charge in [-0.2, -0.15) is 0 Å². The summed E-state index contributed by atoms with van der Waals surface area (Å²) in [5.74, 6) is 0.330. The fourth-order valence-electron chi connectivity index (χ4n) is 3.77. The molecule has 3 heterocycles. The van der Waals surface area contributed by atoms with E-state index in [2.05, 4.69) is 10.3 Å². The van der Waals surface area contributed by atoms with Crippen LogP contribution in [0.5, 0.6) is 0 Å². The van der Waals surface area contributed by atoms with Crippen LogP contribution in [-0.4, -0.2) is 56.2 Å². The Bertz CT molecular complexity index is 782. The number of carbonyl (C=O) groups is 2. The summed E-state index contributed by atoms with van der Waals surface area (Å²) in [4.78, 5) is 28.4. The minimum atomic E-state index is -0.0399. The van der Waals surface area contributed by atoms with Crippen LogP contribution in [0.3, 0.4) is 0 Å². The van der Waals surface area contributed by atoms with Gasteiger partial charge in [0.25, 0.3) is 5.91 Å². The van der Waals surface area contributed by atoms with Crippen molar-refractivity contribution in [2.45, 2.75) is 32.4 Å². The summed E-state index contributed by atoms with van der Waals surface area (Å²) in [6, 6.07) is 10.0. The molecule has 1 atom stereocenters. The molecule has 0 bridgehead atoms. The van der Waals surface area contributed by atoms with Gasteiger partial charge in [0.15, 0.2) is 5.69 Å². The molecule has 136 valence electrons. The molecule has 1 unspecified atom stereocenters. The zero-order valence-electron chi connectivity index (χ0n) is 14.8. The van der Waals surface area contributed by atoms with Crippen molar-refractivity contribution in [3.8, 4) is 0 Å². The van der Waals surface area contributed by atoms with Crippen LogP contribution in [-0.2, 0) is 17.9 Å². The highest BCUT2D eigenvalue weighted by Gasteiger charge is 2.30. The smallest absolute Gasteiger partial charge is 0.276 e. The normalized spacial score (nSPS) is 20.2. The van der Waals surface area contributed by atoms with Crippen LogP contribution in [0.4, 0.5) is 0 Å². The Labute approximate surface area is 152 Å². The summed E-state index contributed by atoms with van der Waals surface area (Å²) in [6.45, 7) is 3.57. The molecule has 0 N–H and O–H groups in total. The molecular weight excluding hydrogens is 330 g/mol. The van der Waals surface area contributed by atoms with Gasteiger partial charge in [-0.15, -0.1) is 5.10 Å². The predicted octanol–water partition coefficient (Wildman–Crippen LogP) is 1.56. The second-order valence-corrected chi connectivity index (χ2v) is 7.16. The van der Waals surface area contributed by atoms with Gasteiger partial charge in [-0.25, -0.2) is 0 Å². The zero-order chi connectivity index (χ0) is 17.9. The third-order valence-electron chi connectivity index (χ3n) is 5.11.